The third-order valence-electron chi connectivity index (χ3n) is 5.83. The van der Waals surface area contributed by atoms with Crippen molar-refractivity contribution in [3.05, 3.63) is 36.8 Å². The smallest absolute Gasteiger partial charge is 0.243 e. The minimum atomic E-state index is -1.01. The first-order chi connectivity index (χ1) is 15.7. The van der Waals surface area contributed by atoms with Crippen LogP contribution in [-0.2, 0) is 4.74 Å². The lowest BCUT2D eigenvalue weighted by molar-refractivity contribution is 0.0918. The van der Waals surface area contributed by atoms with Crippen molar-refractivity contribution >= 4 is 22.9 Å². The Kier molecular flexibility index (Phi) is 5.58. The zero-order valence-electron chi connectivity index (χ0n) is 18.1. The number of anilines is 2. The number of methoxy groups -OCH3 is 1. The summed E-state index contributed by atoms with van der Waals surface area (Å²) in [5, 5.41) is 15.1. The molecule has 1 unspecified atom stereocenters. The van der Waals surface area contributed by atoms with E-state index >= 15 is 0 Å². The molecule has 0 saturated carbocycles. The molecule has 11 heteroatoms. The number of piperidine rings is 1. The predicted molar refractivity (Wildman–Crippen MR) is 120 cm³/mol. The highest BCUT2D eigenvalue weighted by Gasteiger charge is 2.30. The molecule has 0 bridgehead atoms. The van der Waals surface area contributed by atoms with E-state index in [1.165, 1.54) is 0 Å². The van der Waals surface area contributed by atoms with Crippen LogP contribution in [0.15, 0.2) is 36.8 Å². The fraction of sp³-hybridized carbons (Fsp3) is 0.429. The van der Waals surface area contributed by atoms with Gasteiger partial charge in [-0.25, -0.2) is 18.4 Å². The van der Waals surface area contributed by atoms with E-state index in [1.807, 2.05) is 37.6 Å². The minimum Gasteiger partial charge on any atom is -0.383 e. The highest BCUT2D eigenvalue weighted by molar-refractivity contribution is 5.87. The van der Waals surface area contributed by atoms with Crippen LogP contribution in [0, 0.1) is 0 Å². The van der Waals surface area contributed by atoms with E-state index in [9.17, 15) is 4.39 Å². The molecule has 0 radical (unpaired) electrons. The largest absolute Gasteiger partial charge is 0.383 e. The quantitative estimate of drug-likeness (QED) is 0.451. The van der Waals surface area contributed by atoms with E-state index in [4.69, 9.17) is 4.74 Å². The number of hydrogen-bond donors (Lipinski definition) is 2. The maximum absolute atomic E-state index is 14.8. The van der Waals surface area contributed by atoms with Crippen molar-refractivity contribution in [3.63, 3.8) is 0 Å². The lowest BCUT2D eigenvalue weighted by Gasteiger charge is -2.34. The molecule has 10 nitrogen and oxygen atoms in total. The molecule has 168 valence electrons. The van der Waals surface area contributed by atoms with Crippen LogP contribution in [0.3, 0.4) is 0 Å². The first-order valence-electron chi connectivity index (χ1n) is 10.7. The molecule has 0 spiro atoms. The van der Waals surface area contributed by atoms with Gasteiger partial charge in [-0.1, -0.05) is 0 Å². The van der Waals surface area contributed by atoms with Crippen molar-refractivity contribution < 1.29 is 9.13 Å². The van der Waals surface area contributed by atoms with Gasteiger partial charge in [0.25, 0.3) is 0 Å². The Bertz CT molecular complexity index is 1220. The average molecular weight is 439 g/mol. The summed E-state index contributed by atoms with van der Waals surface area (Å²) in [4.78, 5) is 11.4. The second kappa shape index (κ2) is 8.67. The van der Waals surface area contributed by atoms with E-state index in [0.29, 0.717) is 31.3 Å². The first-order valence-corrected chi connectivity index (χ1v) is 10.7. The normalized spacial score (nSPS) is 19.6. The van der Waals surface area contributed by atoms with Gasteiger partial charge in [-0.05, 0) is 18.6 Å². The fourth-order valence-corrected chi connectivity index (χ4v) is 4.15. The van der Waals surface area contributed by atoms with Gasteiger partial charge < -0.3 is 15.4 Å². The van der Waals surface area contributed by atoms with Crippen molar-refractivity contribution in [2.24, 2.45) is 0 Å². The van der Waals surface area contributed by atoms with Crippen LogP contribution < -0.4 is 10.6 Å². The second-order valence-electron chi connectivity index (χ2n) is 7.85. The van der Waals surface area contributed by atoms with Gasteiger partial charge in [-0.3, -0.25) is 4.90 Å². The maximum Gasteiger partial charge on any atom is 0.243 e. The summed E-state index contributed by atoms with van der Waals surface area (Å²) >= 11 is 0. The van der Waals surface area contributed by atoms with Crippen LogP contribution in [0.25, 0.3) is 22.4 Å². The lowest BCUT2D eigenvalue weighted by Crippen LogP contribution is -2.48. The van der Waals surface area contributed by atoms with Crippen LogP contribution in [0.4, 0.5) is 16.2 Å². The van der Waals surface area contributed by atoms with Crippen molar-refractivity contribution in [2.75, 3.05) is 51.0 Å². The molecule has 32 heavy (non-hydrogen) atoms. The van der Waals surface area contributed by atoms with Gasteiger partial charge in [0.1, 0.15) is 11.7 Å². The van der Waals surface area contributed by atoms with Crippen molar-refractivity contribution in [2.45, 2.75) is 18.6 Å². The number of nitrogens with zero attached hydrogens (tertiary/aromatic N) is 7. The first kappa shape index (κ1) is 20.6. The zero-order valence-corrected chi connectivity index (χ0v) is 18.1. The molecule has 5 heterocycles. The molecular weight excluding hydrogens is 413 g/mol. The van der Waals surface area contributed by atoms with Crippen LogP contribution in [0.2, 0.25) is 0 Å². The molecule has 1 aliphatic heterocycles. The maximum atomic E-state index is 14.8. The van der Waals surface area contributed by atoms with Gasteiger partial charge in [-0.2, -0.15) is 10.1 Å². The van der Waals surface area contributed by atoms with Gasteiger partial charge in [0.15, 0.2) is 11.5 Å². The fourth-order valence-electron chi connectivity index (χ4n) is 4.15. The number of nitrogens with one attached hydrogen (secondary N) is 2. The number of halogens is 1. The standard InChI is InChI=1S/C21H26FN9O/c1-23-20-19-14(16-6-10-30-18(25-16)3-7-24-30)4-9-31(19)28-21(27-20)26-17-5-8-29(11-12-32-2)13-15(17)22/h3-4,6-7,9-10,15,17H,5,8,11-13H2,1-2H3,(H2,23,26,27,28)/t15-,17?/m0/s1. The van der Waals surface area contributed by atoms with Gasteiger partial charge in [0.2, 0.25) is 5.95 Å². The second-order valence-corrected chi connectivity index (χ2v) is 7.85. The molecule has 0 aromatic carbocycles. The molecule has 1 fully saturated rings. The Balaban J connectivity index is 1.40. The summed E-state index contributed by atoms with van der Waals surface area (Å²) in [6.45, 7) is 2.52. The number of ether oxygens (including phenoxy) is 1. The lowest BCUT2D eigenvalue weighted by atomic mass is 10.0. The highest BCUT2D eigenvalue weighted by Crippen LogP contribution is 2.29. The average Bonchev–Trinajstić information content (AvgIpc) is 3.45. The number of alkyl halides is 1. The highest BCUT2D eigenvalue weighted by atomic mass is 19.1. The molecule has 4 aromatic rings. The zero-order chi connectivity index (χ0) is 22.1. The minimum absolute atomic E-state index is 0.336. The van der Waals surface area contributed by atoms with Crippen LogP contribution in [-0.4, -0.2) is 86.7 Å². The Labute approximate surface area is 184 Å². The third-order valence-corrected chi connectivity index (χ3v) is 5.83. The Morgan fingerprint density at radius 2 is 2.06 bits per heavy atom. The van der Waals surface area contributed by atoms with Crippen molar-refractivity contribution in [1.29, 1.82) is 0 Å². The molecule has 2 N–H and O–H groups in total. The number of fused-ring (bicyclic) bond motifs is 2. The molecule has 0 aliphatic carbocycles. The monoisotopic (exact) mass is 439 g/mol. The predicted octanol–water partition coefficient (Wildman–Crippen LogP) is 1.95. The summed E-state index contributed by atoms with van der Waals surface area (Å²) in [6.07, 6.45) is 5.11. The van der Waals surface area contributed by atoms with Gasteiger partial charge in [0, 0.05) is 57.8 Å². The van der Waals surface area contributed by atoms with Crippen LogP contribution >= 0.6 is 0 Å². The molecule has 2 atom stereocenters. The van der Waals surface area contributed by atoms with Gasteiger partial charge in [-0.15, -0.1) is 5.10 Å². The summed E-state index contributed by atoms with van der Waals surface area (Å²) in [5.41, 5.74) is 3.27. The number of likely N-dealkylation sites (tertiary alicyclic amines) is 1. The van der Waals surface area contributed by atoms with E-state index in [0.717, 1.165) is 35.5 Å². The van der Waals surface area contributed by atoms with Crippen LogP contribution in [0.1, 0.15) is 6.42 Å². The Morgan fingerprint density at radius 1 is 1.19 bits per heavy atom. The Morgan fingerprint density at radius 3 is 2.88 bits per heavy atom. The van der Waals surface area contributed by atoms with Crippen LogP contribution in [0.5, 0.6) is 0 Å². The number of rotatable bonds is 7. The summed E-state index contributed by atoms with van der Waals surface area (Å²) in [5.74, 6) is 1.03. The van der Waals surface area contributed by atoms with Crippen molar-refractivity contribution in [1.82, 2.24) is 34.1 Å². The molecule has 1 aliphatic rings. The summed E-state index contributed by atoms with van der Waals surface area (Å²) in [6, 6.07) is 5.38. The van der Waals surface area contributed by atoms with Crippen molar-refractivity contribution in [3.8, 4) is 11.3 Å². The Hall–Kier alpha value is -3.31. The summed E-state index contributed by atoms with van der Waals surface area (Å²) in [7, 11) is 3.47. The van der Waals surface area contributed by atoms with E-state index in [2.05, 4.69) is 35.7 Å². The van der Waals surface area contributed by atoms with Gasteiger partial charge in [0.05, 0.1) is 24.5 Å². The number of hydrogen-bond acceptors (Lipinski definition) is 8. The SMILES string of the molecule is CNc1nc(NC2CCN(CCOC)C[C@@H]2F)nn2ccc(-c3ccn4nccc4n3)c12. The summed E-state index contributed by atoms with van der Waals surface area (Å²) < 4.78 is 23.4. The molecular formula is C21H26FN9O. The van der Waals surface area contributed by atoms with E-state index in [1.54, 1.807) is 22.3 Å². The molecule has 4 aromatic heterocycles. The topological polar surface area (TPSA) is 96.9 Å². The molecule has 1 saturated heterocycles. The number of aromatic nitrogens is 6. The third kappa shape index (κ3) is 3.84. The van der Waals surface area contributed by atoms with Gasteiger partial charge >= 0.3 is 0 Å². The molecule has 0 amide bonds. The van der Waals surface area contributed by atoms with E-state index in [-0.39, 0.29) is 6.04 Å². The molecule has 5 rings (SSSR count). The van der Waals surface area contributed by atoms with E-state index < -0.39 is 6.17 Å².